The monoisotopic (exact) mass is 231 g/mol. The third kappa shape index (κ3) is 4.11. The Balaban J connectivity index is 2.29. The molecule has 0 bridgehead atoms. The molecule has 0 saturated carbocycles. The summed E-state index contributed by atoms with van der Waals surface area (Å²) in [5.74, 6) is -0.488. The Morgan fingerprint density at radius 1 is 1.40 bits per heavy atom. The number of hydrogen-bond donors (Lipinski definition) is 1. The number of carboxylic acid groups (broad SMARTS) is 1. The largest absolute Gasteiger partial charge is 0.481 e. The van der Waals surface area contributed by atoms with Gasteiger partial charge >= 0.3 is 5.97 Å². The lowest BCUT2D eigenvalue weighted by molar-refractivity contribution is -0.133. The quantitative estimate of drug-likeness (QED) is 0.790. The predicted octanol–water partition coefficient (Wildman–Crippen LogP) is 1.21. The first-order valence-electron chi connectivity index (χ1n) is 5.20. The molecule has 4 nitrogen and oxygen atoms in total. The zero-order valence-corrected chi connectivity index (χ0v) is 9.76. The van der Waals surface area contributed by atoms with Crippen LogP contribution in [0.2, 0.25) is 0 Å². The maximum Gasteiger partial charge on any atom is 0.313 e. The Labute approximate surface area is 94.0 Å². The van der Waals surface area contributed by atoms with Gasteiger partial charge in [0, 0.05) is 12.6 Å². The molecule has 1 heterocycles. The first-order valence-corrected chi connectivity index (χ1v) is 6.35. The number of amides is 1. The highest BCUT2D eigenvalue weighted by atomic mass is 32.2. The number of likely N-dealkylation sites (tertiary alicyclic amines) is 1. The topological polar surface area (TPSA) is 57.6 Å². The Morgan fingerprint density at radius 3 is 2.73 bits per heavy atom. The number of piperidine rings is 1. The van der Waals surface area contributed by atoms with Crippen LogP contribution in [0.4, 0.5) is 0 Å². The predicted molar refractivity (Wildman–Crippen MR) is 60.0 cm³/mol. The number of carboxylic acids is 1. The summed E-state index contributed by atoms with van der Waals surface area (Å²) in [5.41, 5.74) is 0. The van der Waals surface area contributed by atoms with Crippen molar-refractivity contribution in [3.05, 3.63) is 0 Å². The van der Waals surface area contributed by atoms with Crippen molar-refractivity contribution in [3.8, 4) is 0 Å². The Bertz CT molecular complexity index is 245. The van der Waals surface area contributed by atoms with E-state index >= 15 is 0 Å². The highest BCUT2D eigenvalue weighted by Gasteiger charge is 2.22. The first kappa shape index (κ1) is 12.4. The summed E-state index contributed by atoms with van der Waals surface area (Å²) in [6.07, 6.45) is 3.32. The number of aliphatic carboxylic acids is 1. The van der Waals surface area contributed by atoms with Crippen LogP contribution in [-0.2, 0) is 9.59 Å². The average molecular weight is 231 g/mol. The Morgan fingerprint density at radius 2 is 2.13 bits per heavy atom. The fourth-order valence-electron chi connectivity index (χ4n) is 1.78. The minimum absolute atomic E-state index is 0.00790. The van der Waals surface area contributed by atoms with Gasteiger partial charge in [0.2, 0.25) is 5.91 Å². The molecule has 86 valence electrons. The van der Waals surface area contributed by atoms with E-state index in [1.54, 1.807) is 0 Å². The molecule has 1 aliphatic rings. The van der Waals surface area contributed by atoms with E-state index in [4.69, 9.17) is 5.11 Å². The van der Waals surface area contributed by atoms with Crippen LogP contribution >= 0.6 is 11.8 Å². The summed E-state index contributed by atoms with van der Waals surface area (Å²) in [5, 5.41) is 8.44. The van der Waals surface area contributed by atoms with Gasteiger partial charge in [-0.2, -0.15) is 0 Å². The van der Waals surface area contributed by atoms with Crippen molar-refractivity contribution in [2.45, 2.75) is 32.2 Å². The van der Waals surface area contributed by atoms with E-state index < -0.39 is 5.97 Å². The molecule has 0 aliphatic carbocycles. The maximum atomic E-state index is 11.7. The molecule has 5 heteroatoms. The molecule has 1 aliphatic heterocycles. The molecule has 1 saturated heterocycles. The van der Waals surface area contributed by atoms with Crippen LogP contribution in [0.1, 0.15) is 26.2 Å². The van der Waals surface area contributed by atoms with E-state index in [9.17, 15) is 9.59 Å². The van der Waals surface area contributed by atoms with Crippen LogP contribution in [-0.4, -0.2) is 46.0 Å². The van der Waals surface area contributed by atoms with Gasteiger partial charge in [0.1, 0.15) is 0 Å². The van der Waals surface area contributed by atoms with Crippen molar-refractivity contribution in [2.75, 3.05) is 18.1 Å². The molecule has 0 aromatic heterocycles. The number of carbonyl (C=O) groups excluding carboxylic acids is 1. The fraction of sp³-hybridized carbons (Fsp3) is 0.800. The number of thioether (sulfide) groups is 1. The van der Waals surface area contributed by atoms with E-state index in [0.29, 0.717) is 6.04 Å². The second-order valence-electron chi connectivity index (χ2n) is 3.82. The molecule has 0 aromatic carbocycles. The highest BCUT2D eigenvalue weighted by molar-refractivity contribution is 8.00. The van der Waals surface area contributed by atoms with Crippen molar-refractivity contribution in [2.24, 2.45) is 0 Å². The van der Waals surface area contributed by atoms with Gasteiger partial charge in [-0.3, -0.25) is 9.59 Å². The van der Waals surface area contributed by atoms with Crippen LogP contribution < -0.4 is 0 Å². The molecule has 1 fully saturated rings. The van der Waals surface area contributed by atoms with Crippen molar-refractivity contribution in [1.82, 2.24) is 4.90 Å². The lowest BCUT2D eigenvalue weighted by Gasteiger charge is -2.33. The van der Waals surface area contributed by atoms with Crippen molar-refractivity contribution in [3.63, 3.8) is 0 Å². The number of rotatable bonds is 4. The van der Waals surface area contributed by atoms with Crippen LogP contribution in [0.3, 0.4) is 0 Å². The SMILES string of the molecule is CC1CCCCN1C(=O)CSCC(=O)O. The number of hydrogen-bond acceptors (Lipinski definition) is 3. The summed E-state index contributed by atoms with van der Waals surface area (Å²) in [6.45, 7) is 2.88. The van der Waals surface area contributed by atoms with Gasteiger partial charge in [-0.25, -0.2) is 0 Å². The van der Waals surface area contributed by atoms with Crippen molar-refractivity contribution >= 4 is 23.6 Å². The maximum absolute atomic E-state index is 11.7. The zero-order valence-electron chi connectivity index (χ0n) is 8.94. The Kier molecular flexibility index (Phi) is 4.94. The average Bonchev–Trinajstić information content (AvgIpc) is 2.17. The summed E-state index contributed by atoms with van der Waals surface area (Å²) in [7, 11) is 0. The van der Waals surface area contributed by atoms with Crippen LogP contribution in [0.5, 0.6) is 0 Å². The third-order valence-corrected chi connectivity index (χ3v) is 3.48. The van der Waals surface area contributed by atoms with Crippen LogP contribution in [0.25, 0.3) is 0 Å². The second-order valence-corrected chi connectivity index (χ2v) is 4.80. The number of nitrogens with zero attached hydrogens (tertiary/aromatic N) is 1. The van der Waals surface area contributed by atoms with Gasteiger partial charge in [0.15, 0.2) is 0 Å². The van der Waals surface area contributed by atoms with Gasteiger partial charge in [0.05, 0.1) is 11.5 Å². The van der Waals surface area contributed by atoms with Gasteiger partial charge < -0.3 is 10.0 Å². The minimum atomic E-state index is -0.862. The molecule has 1 atom stereocenters. The second kappa shape index (κ2) is 6.00. The minimum Gasteiger partial charge on any atom is -0.481 e. The van der Waals surface area contributed by atoms with Crippen LogP contribution in [0, 0.1) is 0 Å². The number of carbonyl (C=O) groups is 2. The van der Waals surface area contributed by atoms with Gasteiger partial charge in [-0.15, -0.1) is 11.8 Å². The smallest absolute Gasteiger partial charge is 0.313 e. The van der Waals surface area contributed by atoms with E-state index in [1.165, 1.54) is 18.2 Å². The van der Waals surface area contributed by atoms with E-state index in [0.717, 1.165) is 19.4 Å². The Hall–Kier alpha value is -0.710. The molecule has 0 spiro atoms. The van der Waals surface area contributed by atoms with Gasteiger partial charge in [-0.05, 0) is 26.2 Å². The van der Waals surface area contributed by atoms with Crippen molar-refractivity contribution in [1.29, 1.82) is 0 Å². The lowest BCUT2D eigenvalue weighted by atomic mass is 10.0. The molecule has 1 N–H and O–H groups in total. The summed E-state index contributed by atoms with van der Waals surface area (Å²) in [6, 6.07) is 0.316. The highest BCUT2D eigenvalue weighted by Crippen LogP contribution is 2.17. The van der Waals surface area contributed by atoms with Crippen LogP contribution in [0.15, 0.2) is 0 Å². The van der Waals surface area contributed by atoms with E-state index in [1.807, 2.05) is 4.90 Å². The van der Waals surface area contributed by atoms with E-state index in [-0.39, 0.29) is 17.4 Å². The molecule has 0 aromatic rings. The molecule has 0 radical (unpaired) electrons. The van der Waals surface area contributed by atoms with Gasteiger partial charge in [0.25, 0.3) is 0 Å². The first-order chi connectivity index (χ1) is 7.11. The molecule has 1 rings (SSSR count). The fourth-order valence-corrected chi connectivity index (χ4v) is 2.39. The molecular weight excluding hydrogens is 214 g/mol. The van der Waals surface area contributed by atoms with E-state index in [2.05, 4.69) is 6.92 Å². The molecule has 1 amide bonds. The van der Waals surface area contributed by atoms with Gasteiger partial charge in [-0.1, -0.05) is 0 Å². The molecule has 15 heavy (non-hydrogen) atoms. The third-order valence-electron chi connectivity index (χ3n) is 2.57. The van der Waals surface area contributed by atoms with Crippen molar-refractivity contribution < 1.29 is 14.7 Å². The zero-order chi connectivity index (χ0) is 11.3. The summed E-state index contributed by atoms with van der Waals surface area (Å²) in [4.78, 5) is 23.9. The summed E-state index contributed by atoms with van der Waals surface area (Å²) >= 11 is 1.17. The molecular formula is C10H17NO3S. The standard InChI is InChI=1S/C10H17NO3S/c1-8-4-2-3-5-11(8)9(12)6-15-7-10(13)14/h8H,2-7H2,1H3,(H,13,14). The normalized spacial score (nSPS) is 21.4. The summed E-state index contributed by atoms with van der Waals surface area (Å²) < 4.78 is 0. The lowest BCUT2D eigenvalue weighted by Crippen LogP contribution is -2.43. The molecule has 1 unspecified atom stereocenters.